The average Bonchev–Trinajstić information content (AvgIpc) is 3.57. The van der Waals surface area contributed by atoms with Crippen molar-refractivity contribution >= 4 is 38.7 Å². The number of hydrogen-bond acceptors (Lipinski definition) is 9. The third-order valence-corrected chi connectivity index (χ3v) is 20.3. The van der Waals surface area contributed by atoms with Gasteiger partial charge in [0.2, 0.25) is 0 Å². The smallest absolute Gasteiger partial charge is 0.775 e. The second-order valence-corrected chi connectivity index (χ2v) is 28.6. The Morgan fingerprint density at radius 3 is 0.695 bits per heavy atom. The maximum atomic E-state index is 12.4. The molecular formula is C69H120NdO9P3. The monoisotopic (exact) mass is 1330 g/mol. The van der Waals surface area contributed by atoms with Crippen LogP contribution in [0.15, 0.2) is 72.8 Å². The van der Waals surface area contributed by atoms with Gasteiger partial charge in [-0.2, -0.15) is 0 Å². The fourth-order valence-corrected chi connectivity index (χ4v) is 13.1. The largest absolute Gasteiger partial charge is 3.00 e. The van der Waals surface area contributed by atoms with Crippen LogP contribution in [-0.2, 0) is 46.5 Å². The number of benzene rings is 3. The van der Waals surface area contributed by atoms with Crippen LogP contribution in [0.2, 0.25) is 0 Å². The Morgan fingerprint density at radius 2 is 0.500 bits per heavy atom. The third-order valence-electron chi connectivity index (χ3n) is 16.0. The SMILES string of the molecule is CCCCCCCCCc1ccc(P(=O)([O-])OCC(CC)CCCC)cc1.CCCCCCCCCc1ccc(P(=O)([O-])OCC(CC)CCCC)cc1.CCCCCCCCCc1ccc(P(=O)([O-])OCC(CC)CCCC)cc1.[Nd+3]. The van der Waals surface area contributed by atoms with Gasteiger partial charge in [-0.25, -0.2) is 0 Å². The Bertz CT molecular complexity index is 1820. The molecule has 82 heavy (non-hydrogen) atoms. The molecular weight excluding hydrogens is 1210 g/mol. The molecule has 3 aromatic carbocycles. The number of unbranched alkanes of at least 4 members (excludes halogenated alkanes) is 21. The molecule has 0 amide bonds. The van der Waals surface area contributed by atoms with E-state index in [-0.39, 0.29) is 40.8 Å². The quantitative estimate of drug-likeness (QED) is 0.0398. The van der Waals surface area contributed by atoms with E-state index in [2.05, 4.69) is 62.3 Å². The maximum absolute atomic E-state index is 12.4. The molecule has 3 aromatic rings. The molecule has 0 aliphatic rings. The van der Waals surface area contributed by atoms with Gasteiger partial charge in [0.05, 0.1) is 19.8 Å². The molecule has 0 aliphatic heterocycles. The second kappa shape index (κ2) is 52.4. The molecule has 0 aromatic heterocycles. The van der Waals surface area contributed by atoms with Crippen molar-refractivity contribution in [1.82, 2.24) is 0 Å². The van der Waals surface area contributed by atoms with Crippen LogP contribution < -0.4 is 30.6 Å². The van der Waals surface area contributed by atoms with Crippen LogP contribution in [-0.4, -0.2) is 19.8 Å². The molecule has 0 saturated carbocycles. The van der Waals surface area contributed by atoms with E-state index in [0.717, 1.165) is 96.3 Å². The first-order chi connectivity index (χ1) is 39.1. The summed E-state index contributed by atoms with van der Waals surface area (Å²) in [5.41, 5.74) is 3.63. The molecule has 0 bridgehead atoms. The summed E-state index contributed by atoms with van der Waals surface area (Å²) in [5.74, 6) is 0.969. The molecule has 0 aliphatic carbocycles. The molecule has 469 valence electrons. The van der Waals surface area contributed by atoms with Crippen molar-refractivity contribution < 1.29 is 82.8 Å². The van der Waals surface area contributed by atoms with E-state index in [0.29, 0.717) is 53.5 Å². The minimum Gasteiger partial charge on any atom is -0.775 e. The molecule has 0 saturated heterocycles. The summed E-state index contributed by atoms with van der Waals surface area (Å²) < 4.78 is 53.3. The Balaban J connectivity index is 0.00000119. The molecule has 13 heteroatoms. The van der Waals surface area contributed by atoms with Gasteiger partial charge < -0.3 is 41.9 Å². The predicted molar refractivity (Wildman–Crippen MR) is 344 cm³/mol. The summed E-state index contributed by atoms with van der Waals surface area (Å²) in [6.07, 6.45) is 42.9. The van der Waals surface area contributed by atoms with Crippen molar-refractivity contribution in [2.45, 2.75) is 293 Å². The third kappa shape index (κ3) is 40.1. The van der Waals surface area contributed by atoms with Crippen LogP contribution in [0.5, 0.6) is 0 Å². The van der Waals surface area contributed by atoms with Gasteiger partial charge in [0.1, 0.15) is 0 Å². The summed E-state index contributed by atoms with van der Waals surface area (Å²) >= 11 is 0. The minimum absolute atomic E-state index is 0. The van der Waals surface area contributed by atoms with Crippen LogP contribution in [0.3, 0.4) is 0 Å². The average molecular weight is 1330 g/mol. The van der Waals surface area contributed by atoms with Crippen molar-refractivity contribution in [3.8, 4) is 0 Å². The van der Waals surface area contributed by atoms with Crippen LogP contribution >= 0.6 is 22.8 Å². The Kier molecular flexibility index (Phi) is 52.1. The van der Waals surface area contributed by atoms with Crippen LogP contribution in [0.4, 0.5) is 0 Å². The van der Waals surface area contributed by atoms with E-state index in [1.54, 1.807) is 36.4 Å². The van der Waals surface area contributed by atoms with Crippen molar-refractivity contribution in [1.29, 1.82) is 0 Å². The van der Waals surface area contributed by atoms with E-state index >= 15 is 0 Å². The molecule has 1 radical (unpaired) electrons. The first-order valence-corrected chi connectivity index (χ1v) is 37.9. The Morgan fingerprint density at radius 1 is 0.305 bits per heavy atom. The standard InChI is InChI=1S/3C23H41O3P.Nd/c3*1-4-7-9-10-11-12-13-15-22-16-18-23(19-17-22)27(24,25)26-20-21(6-3)14-8-5-2;/h3*16-19,21H,4-15,20H2,1-3H3,(H,24,25);/q;;;+3/p-3. The summed E-state index contributed by atoms with van der Waals surface area (Å²) in [4.78, 5) is 37.3. The molecule has 0 heterocycles. The van der Waals surface area contributed by atoms with Gasteiger partial charge in [-0.3, -0.25) is 0 Å². The minimum atomic E-state index is -3.96. The number of rotatable bonds is 48. The van der Waals surface area contributed by atoms with Crippen LogP contribution in [0.1, 0.15) is 291 Å². The zero-order valence-corrected chi connectivity index (χ0v) is 59.6. The van der Waals surface area contributed by atoms with Gasteiger partial charge in [0.15, 0.2) is 22.8 Å². The fraction of sp³-hybridized carbons (Fsp3) is 0.739. The van der Waals surface area contributed by atoms with Crippen LogP contribution in [0.25, 0.3) is 0 Å². The summed E-state index contributed by atoms with van der Waals surface area (Å²) in [7, 11) is -11.9. The first kappa shape index (κ1) is 81.5. The van der Waals surface area contributed by atoms with E-state index in [9.17, 15) is 28.4 Å². The predicted octanol–water partition coefficient (Wildman–Crippen LogP) is 19.2. The first-order valence-electron chi connectivity index (χ1n) is 33.2. The summed E-state index contributed by atoms with van der Waals surface area (Å²) in [5, 5.41) is 0.906. The van der Waals surface area contributed by atoms with Gasteiger partial charge in [0, 0.05) is 15.9 Å². The zero-order valence-electron chi connectivity index (χ0n) is 53.8. The topological polar surface area (TPSA) is 148 Å². The van der Waals surface area contributed by atoms with Crippen molar-refractivity contribution in [2.75, 3.05) is 19.8 Å². The number of aryl methyl sites for hydroxylation is 3. The van der Waals surface area contributed by atoms with Crippen molar-refractivity contribution in [2.24, 2.45) is 17.8 Å². The van der Waals surface area contributed by atoms with Crippen molar-refractivity contribution in [3.63, 3.8) is 0 Å². The van der Waals surface area contributed by atoms with Crippen molar-refractivity contribution in [3.05, 3.63) is 89.5 Å². The summed E-state index contributed by atoms with van der Waals surface area (Å²) in [6, 6.07) is 21.9. The number of hydrogen-bond donors (Lipinski definition) is 0. The summed E-state index contributed by atoms with van der Waals surface area (Å²) in [6.45, 7) is 20.4. The Hall–Kier alpha value is -0.539. The zero-order chi connectivity index (χ0) is 59.9. The Labute approximate surface area is 537 Å². The molecule has 9 nitrogen and oxygen atoms in total. The molecule has 0 N–H and O–H groups in total. The van der Waals surface area contributed by atoms with Gasteiger partial charge in [-0.15, -0.1) is 0 Å². The molecule has 6 atom stereocenters. The van der Waals surface area contributed by atoms with E-state index in [1.165, 1.54) is 152 Å². The van der Waals surface area contributed by atoms with E-state index in [1.807, 2.05) is 36.4 Å². The van der Waals surface area contributed by atoms with Gasteiger partial charge in [-0.1, -0.05) is 308 Å². The molecule has 0 fully saturated rings. The van der Waals surface area contributed by atoms with Crippen LogP contribution in [0, 0.1) is 58.6 Å². The van der Waals surface area contributed by atoms with E-state index in [4.69, 9.17) is 13.6 Å². The maximum Gasteiger partial charge on any atom is 3.00 e. The van der Waals surface area contributed by atoms with Gasteiger partial charge in [-0.05, 0) is 92.2 Å². The van der Waals surface area contributed by atoms with Gasteiger partial charge in [0.25, 0.3) is 0 Å². The van der Waals surface area contributed by atoms with E-state index < -0.39 is 22.8 Å². The second-order valence-electron chi connectivity index (χ2n) is 23.2. The fourth-order valence-electron chi connectivity index (χ4n) is 9.92. The normalized spacial score (nSPS) is 14.6. The van der Waals surface area contributed by atoms with Gasteiger partial charge >= 0.3 is 40.8 Å². The molecule has 6 unspecified atom stereocenters. The molecule has 0 spiro atoms. The molecule has 3 rings (SSSR count).